The van der Waals surface area contributed by atoms with Crippen LogP contribution >= 0.6 is 0 Å². The molecule has 1 aliphatic heterocycles. The molecule has 1 aromatic heterocycles. The molecule has 2 aromatic carbocycles. The standard InChI is InChI=1S/C22H23N3O5/c1-12-17(21(26)30-5)18(13-10-11-16(27-2)20(29-4)19(13)28-3)25-15-9-7-6-8-14(15)24-22(25)23-12/h6-11,18H,1-5H3,(H,23,24)/t18-/m0/s1. The van der Waals surface area contributed by atoms with Gasteiger partial charge in [-0.05, 0) is 31.2 Å². The van der Waals surface area contributed by atoms with E-state index in [1.54, 1.807) is 27.4 Å². The molecule has 0 saturated carbocycles. The number of methoxy groups -OCH3 is 4. The number of benzene rings is 2. The molecule has 0 aliphatic carbocycles. The number of rotatable bonds is 5. The molecule has 4 rings (SSSR count). The largest absolute Gasteiger partial charge is 0.493 e. The van der Waals surface area contributed by atoms with Gasteiger partial charge in [0.15, 0.2) is 11.5 Å². The highest BCUT2D eigenvalue weighted by Crippen LogP contribution is 2.48. The van der Waals surface area contributed by atoms with E-state index in [2.05, 4.69) is 5.32 Å². The van der Waals surface area contributed by atoms with Crippen molar-refractivity contribution in [3.63, 3.8) is 0 Å². The number of carbonyl (C=O) groups is 1. The molecule has 8 heteroatoms. The van der Waals surface area contributed by atoms with Gasteiger partial charge in [0.05, 0.1) is 51.1 Å². The van der Waals surface area contributed by atoms with E-state index in [-0.39, 0.29) is 0 Å². The Morgan fingerprint density at radius 1 is 1.00 bits per heavy atom. The Balaban J connectivity index is 2.07. The summed E-state index contributed by atoms with van der Waals surface area (Å²) in [5.41, 5.74) is 3.52. The number of para-hydroxylation sites is 2. The van der Waals surface area contributed by atoms with Crippen LogP contribution in [0.2, 0.25) is 0 Å². The Morgan fingerprint density at radius 3 is 2.40 bits per heavy atom. The Kier molecular flexibility index (Phi) is 4.99. The monoisotopic (exact) mass is 409 g/mol. The SMILES string of the molecule is COC(=O)C1=C(C)Nc2nc3ccccc3n2[C@H]1c1ccc(OC)c(OC)c1OC. The van der Waals surface area contributed by atoms with Crippen LogP contribution in [0.4, 0.5) is 5.95 Å². The molecule has 0 bridgehead atoms. The topological polar surface area (TPSA) is 83.8 Å². The lowest BCUT2D eigenvalue weighted by Gasteiger charge is -2.31. The van der Waals surface area contributed by atoms with E-state index in [1.165, 1.54) is 7.11 Å². The molecule has 0 unspecified atom stereocenters. The van der Waals surface area contributed by atoms with Crippen LogP contribution in [-0.4, -0.2) is 44.0 Å². The molecule has 8 nitrogen and oxygen atoms in total. The summed E-state index contributed by atoms with van der Waals surface area (Å²) in [5, 5.41) is 3.24. The summed E-state index contributed by atoms with van der Waals surface area (Å²) in [4.78, 5) is 17.6. The number of aromatic nitrogens is 2. The number of allylic oxidation sites excluding steroid dienone is 1. The highest BCUT2D eigenvalue weighted by molar-refractivity contribution is 5.94. The molecule has 0 saturated heterocycles. The predicted octanol–water partition coefficient (Wildman–Crippen LogP) is 3.52. The second kappa shape index (κ2) is 7.62. The molecular formula is C22H23N3O5. The summed E-state index contributed by atoms with van der Waals surface area (Å²) in [6.45, 7) is 1.83. The van der Waals surface area contributed by atoms with Gasteiger partial charge in [0.1, 0.15) is 0 Å². The normalized spacial score (nSPS) is 15.4. The zero-order chi connectivity index (χ0) is 21.4. The van der Waals surface area contributed by atoms with E-state index in [1.807, 2.05) is 41.8 Å². The fourth-order valence-corrected chi connectivity index (χ4v) is 3.97. The van der Waals surface area contributed by atoms with E-state index in [9.17, 15) is 4.79 Å². The fraction of sp³-hybridized carbons (Fsp3) is 0.273. The van der Waals surface area contributed by atoms with Crippen molar-refractivity contribution in [3.8, 4) is 17.2 Å². The van der Waals surface area contributed by atoms with E-state index in [0.717, 1.165) is 16.6 Å². The van der Waals surface area contributed by atoms with Crippen LogP contribution in [0.1, 0.15) is 18.5 Å². The maximum Gasteiger partial charge on any atom is 0.337 e. The van der Waals surface area contributed by atoms with Crippen molar-refractivity contribution < 1.29 is 23.7 Å². The number of nitrogens with zero attached hydrogens (tertiary/aromatic N) is 2. The molecule has 0 amide bonds. The average molecular weight is 409 g/mol. The first-order valence-corrected chi connectivity index (χ1v) is 9.37. The van der Waals surface area contributed by atoms with Gasteiger partial charge in [0.2, 0.25) is 11.7 Å². The van der Waals surface area contributed by atoms with E-state index in [0.29, 0.717) is 34.5 Å². The van der Waals surface area contributed by atoms with Gasteiger partial charge in [-0.2, -0.15) is 0 Å². The van der Waals surface area contributed by atoms with Gasteiger partial charge < -0.3 is 24.3 Å². The van der Waals surface area contributed by atoms with Crippen LogP contribution < -0.4 is 19.5 Å². The molecule has 1 aliphatic rings. The number of hydrogen-bond acceptors (Lipinski definition) is 7. The van der Waals surface area contributed by atoms with E-state index < -0.39 is 12.0 Å². The first-order valence-electron chi connectivity index (χ1n) is 9.37. The Hall–Kier alpha value is -3.68. The molecule has 2 heterocycles. The van der Waals surface area contributed by atoms with Crippen LogP contribution in [0.15, 0.2) is 47.7 Å². The highest BCUT2D eigenvalue weighted by atomic mass is 16.5. The fourth-order valence-electron chi connectivity index (χ4n) is 3.97. The minimum atomic E-state index is -0.546. The summed E-state index contributed by atoms with van der Waals surface area (Å²) in [6.07, 6.45) is 0. The maximum absolute atomic E-state index is 12.9. The van der Waals surface area contributed by atoms with Gasteiger partial charge in [0.25, 0.3) is 0 Å². The number of fused-ring (bicyclic) bond motifs is 3. The van der Waals surface area contributed by atoms with Crippen molar-refractivity contribution in [1.29, 1.82) is 0 Å². The Labute approximate surface area is 174 Å². The van der Waals surface area contributed by atoms with Crippen molar-refractivity contribution in [2.45, 2.75) is 13.0 Å². The van der Waals surface area contributed by atoms with Gasteiger partial charge in [-0.3, -0.25) is 4.57 Å². The quantitative estimate of drug-likeness (QED) is 0.646. The summed E-state index contributed by atoms with van der Waals surface area (Å²) in [6, 6.07) is 10.9. The second-order valence-electron chi connectivity index (χ2n) is 6.78. The molecule has 0 spiro atoms. The lowest BCUT2D eigenvalue weighted by atomic mass is 9.93. The molecule has 156 valence electrons. The zero-order valence-corrected chi connectivity index (χ0v) is 17.5. The summed E-state index contributed by atoms with van der Waals surface area (Å²) < 4.78 is 23.8. The lowest BCUT2D eigenvalue weighted by Crippen LogP contribution is -2.29. The van der Waals surface area contributed by atoms with Crippen molar-refractivity contribution >= 4 is 23.0 Å². The van der Waals surface area contributed by atoms with Gasteiger partial charge in [-0.15, -0.1) is 0 Å². The van der Waals surface area contributed by atoms with Gasteiger partial charge >= 0.3 is 5.97 Å². The third kappa shape index (κ3) is 2.83. The Morgan fingerprint density at radius 2 is 1.73 bits per heavy atom. The van der Waals surface area contributed by atoms with Gasteiger partial charge in [-0.1, -0.05) is 12.1 Å². The number of ether oxygens (including phenoxy) is 4. The summed E-state index contributed by atoms with van der Waals surface area (Å²) in [5.74, 6) is 1.64. The second-order valence-corrected chi connectivity index (χ2v) is 6.78. The third-order valence-electron chi connectivity index (χ3n) is 5.27. The smallest absolute Gasteiger partial charge is 0.337 e. The molecule has 0 radical (unpaired) electrons. The van der Waals surface area contributed by atoms with Crippen molar-refractivity contribution in [3.05, 3.63) is 53.2 Å². The molecule has 0 fully saturated rings. The summed E-state index contributed by atoms with van der Waals surface area (Å²) in [7, 11) is 6.04. The van der Waals surface area contributed by atoms with Gasteiger partial charge in [-0.25, -0.2) is 9.78 Å². The van der Waals surface area contributed by atoms with E-state index >= 15 is 0 Å². The third-order valence-corrected chi connectivity index (χ3v) is 5.27. The first kappa shape index (κ1) is 19.6. The van der Waals surface area contributed by atoms with Crippen LogP contribution in [-0.2, 0) is 9.53 Å². The Bertz CT molecular complexity index is 1170. The van der Waals surface area contributed by atoms with Gasteiger partial charge in [0, 0.05) is 11.3 Å². The van der Waals surface area contributed by atoms with Crippen LogP contribution in [0, 0.1) is 0 Å². The number of esters is 1. The molecule has 3 aromatic rings. The summed E-state index contributed by atoms with van der Waals surface area (Å²) >= 11 is 0. The average Bonchev–Trinajstić information content (AvgIpc) is 3.14. The first-order chi connectivity index (χ1) is 14.5. The van der Waals surface area contributed by atoms with Crippen LogP contribution in [0.3, 0.4) is 0 Å². The number of nitrogens with one attached hydrogen (secondary N) is 1. The zero-order valence-electron chi connectivity index (χ0n) is 17.5. The molecular weight excluding hydrogens is 386 g/mol. The highest BCUT2D eigenvalue weighted by Gasteiger charge is 2.37. The maximum atomic E-state index is 12.9. The lowest BCUT2D eigenvalue weighted by molar-refractivity contribution is -0.136. The van der Waals surface area contributed by atoms with Crippen LogP contribution in [0.5, 0.6) is 17.2 Å². The van der Waals surface area contributed by atoms with Crippen LogP contribution in [0.25, 0.3) is 11.0 Å². The van der Waals surface area contributed by atoms with Crippen molar-refractivity contribution in [2.75, 3.05) is 33.8 Å². The number of hydrogen-bond donors (Lipinski definition) is 1. The predicted molar refractivity (Wildman–Crippen MR) is 112 cm³/mol. The number of anilines is 1. The minimum absolute atomic E-state index is 0.440. The molecule has 30 heavy (non-hydrogen) atoms. The minimum Gasteiger partial charge on any atom is -0.493 e. The molecule has 1 N–H and O–H groups in total. The van der Waals surface area contributed by atoms with Crippen molar-refractivity contribution in [1.82, 2.24) is 9.55 Å². The number of carbonyl (C=O) groups excluding carboxylic acids is 1. The van der Waals surface area contributed by atoms with E-state index in [4.69, 9.17) is 23.9 Å². The molecule has 1 atom stereocenters. The number of imidazole rings is 1. The van der Waals surface area contributed by atoms with Crippen molar-refractivity contribution in [2.24, 2.45) is 0 Å².